The van der Waals surface area contributed by atoms with E-state index in [1.807, 2.05) is 0 Å². The molecule has 1 N–H and O–H groups in total. The molecule has 0 aromatic heterocycles. The highest BCUT2D eigenvalue weighted by Gasteiger charge is 2.16. The van der Waals surface area contributed by atoms with E-state index in [4.69, 9.17) is 4.74 Å². The summed E-state index contributed by atoms with van der Waals surface area (Å²) in [5, 5.41) is 3.69. The van der Waals surface area contributed by atoms with Crippen molar-refractivity contribution in [2.24, 2.45) is 5.92 Å². The van der Waals surface area contributed by atoms with Crippen LogP contribution in [0.4, 0.5) is 0 Å². The Morgan fingerprint density at radius 1 is 1.24 bits per heavy atom. The Morgan fingerprint density at radius 3 is 2.57 bits per heavy atom. The molecule has 1 aliphatic carbocycles. The van der Waals surface area contributed by atoms with Gasteiger partial charge < -0.3 is 10.1 Å². The van der Waals surface area contributed by atoms with Crippen molar-refractivity contribution in [3.05, 3.63) is 29.8 Å². The average Bonchev–Trinajstić information content (AvgIpc) is 3.04. The molecule has 1 saturated carbocycles. The second kappa shape index (κ2) is 9.37. The molecule has 0 aliphatic heterocycles. The van der Waals surface area contributed by atoms with Crippen molar-refractivity contribution in [3.8, 4) is 5.75 Å². The zero-order valence-corrected chi connectivity index (χ0v) is 14.3. The number of rotatable bonds is 9. The van der Waals surface area contributed by atoms with Crippen molar-refractivity contribution in [1.29, 1.82) is 0 Å². The van der Waals surface area contributed by atoms with E-state index in [-0.39, 0.29) is 0 Å². The smallest absolute Gasteiger partial charge is 0.118 e. The molecular formula is C18H29NOS. The molecule has 0 bridgehead atoms. The standard InChI is InChI=1S/C18H29NOS/c1-3-12-19-18(14-21-13-15-6-4-5-7-15)16-8-10-17(20-2)11-9-16/h8-11,15,18-19H,3-7,12-14H2,1-2H3. The molecule has 1 unspecified atom stereocenters. The van der Waals surface area contributed by atoms with Crippen molar-refractivity contribution in [1.82, 2.24) is 5.32 Å². The summed E-state index contributed by atoms with van der Waals surface area (Å²) >= 11 is 2.12. The van der Waals surface area contributed by atoms with E-state index in [2.05, 4.69) is 48.3 Å². The van der Waals surface area contributed by atoms with Crippen molar-refractivity contribution < 1.29 is 4.74 Å². The minimum atomic E-state index is 0.460. The fourth-order valence-electron chi connectivity index (χ4n) is 2.96. The van der Waals surface area contributed by atoms with E-state index in [0.717, 1.165) is 18.2 Å². The number of ether oxygens (including phenoxy) is 1. The van der Waals surface area contributed by atoms with Crippen LogP contribution in [0.1, 0.15) is 50.6 Å². The van der Waals surface area contributed by atoms with Crippen LogP contribution in [-0.2, 0) is 0 Å². The number of hydrogen-bond acceptors (Lipinski definition) is 3. The average molecular weight is 308 g/mol. The molecule has 2 nitrogen and oxygen atoms in total. The van der Waals surface area contributed by atoms with Gasteiger partial charge in [-0.3, -0.25) is 0 Å². The van der Waals surface area contributed by atoms with Gasteiger partial charge in [0.2, 0.25) is 0 Å². The van der Waals surface area contributed by atoms with Gasteiger partial charge >= 0.3 is 0 Å². The van der Waals surface area contributed by atoms with Crippen LogP contribution < -0.4 is 10.1 Å². The Balaban J connectivity index is 1.85. The summed E-state index contributed by atoms with van der Waals surface area (Å²) in [7, 11) is 1.72. The number of methoxy groups -OCH3 is 1. The summed E-state index contributed by atoms with van der Waals surface area (Å²) in [6.45, 7) is 3.31. The van der Waals surface area contributed by atoms with Gasteiger partial charge in [0.15, 0.2) is 0 Å². The maximum Gasteiger partial charge on any atom is 0.118 e. The van der Waals surface area contributed by atoms with Crippen LogP contribution in [0, 0.1) is 5.92 Å². The van der Waals surface area contributed by atoms with E-state index in [1.54, 1.807) is 7.11 Å². The maximum absolute atomic E-state index is 5.25. The highest BCUT2D eigenvalue weighted by atomic mass is 32.2. The normalized spacial score (nSPS) is 17.0. The van der Waals surface area contributed by atoms with Crippen molar-refractivity contribution in [2.45, 2.75) is 45.1 Å². The first-order valence-electron chi connectivity index (χ1n) is 8.28. The van der Waals surface area contributed by atoms with Crippen LogP contribution >= 0.6 is 11.8 Å². The van der Waals surface area contributed by atoms with Gasteiger partial charge in [0.05, 0.1) is 7.11 Å². The zero-order valence-electron chi connectivity index (χ0n) is 13.4. The molecule has 0 radical (unpaired) electrons. The van der Waals surface area contributed by atoms with E-state index >= 15 is 0 Å². The van der Waals surface area contributed by atoms with Crippen molar-refractivity contribution in [3.63, 3.8) is 0 Å². The Bertz CT molecular complexity index is 387. The Hall–Kier alpha value is -0.670. The van der Waals surface area contributed by atoms with Gasteiger partial charge in [-0.25, -0.2) is 0 Å². The Labute approximate surface area is 134 Å². The molecule has 2 rings (SSSR count). The molecule has 0 amide bonds. The van der Waals surface area contributed by atoms with Crippen LogP contribution in [0.15, 0.2) is 24.3 Å². The maximum atomic E-state index is 5.25. The molecule has 1 aromatic rings. The first-order valence-corrected chi connectivity index (χ1v) is 9.44. The molecule has 1 aliphatic rings. The second-order valence-electron chi connectivity index (χ2n) is 5.97. The summed E-state index contributed by atoms with van der Waals surface area (Å²) in [6, 6.07) is 8.99. The van der Waals surface area contributed by atoms with E-state index in [0.29, 0.717) is 6.04 Å². The number of nitrogens with one attached hydrogen (secondary N) is 1. The van der Waals surface area contributed by atoms with Crippen LogP contribution in [0.2, 0.25) is 0 Å². The topological polar surface area (TPSA) is 21.3 Å². The molecule has 118 valence electrons. The molecule has 0 saturated heterocycles. The first kappa shape index (κ1) is 16.7. The molecular weight excluding hydrogens is 278 g/mol. The SMILES string of the molecule is CCCNC(CSCC1CCCC1)c1ccc(OC)cc1. The number of hydrogen-bond donors (Lipinski definition) is 1. The van der Waals surface area contributed by atoms with E-state index < -0.39 is 0 Å². The molecule has 1 fully saturated rings. The van der Waals surface area contributed by atoms with Gasteiger partial charge in [-0.2, -0.15) is 11.8 Å². The summed E-state index contributed by atoms with van der Waals surface area (Å²) in [4.78, 5) is 0. The summed E-state index contributed by atoms with van der Waals surface area (Å²) in [5.74, 6) is 4.41. The predicted molar refractivity (Wildman–Crippen MR) is 93.3 cm³/mol. The molecule has 0 heterocycles. The predicted octanol–water partition coefficient (Wildman–Crippen LogP) is 4.66. The third kappa shape index (κ3) is 5.55. The summed E-state index contributed by atoms with van der Waals surface area (Å²) < 4.78 is 5.25. The highest BCUT2D eigenvalue weighted by Crippen LogP contribution is 2.29. The van der Waals surface area contributed by atoms with Crippen LogP contribution in [0.25, 0.3) is 0 Å². The minimum absolute atomic E-state index is 0.460. The fourth-order valence-corrected chi connectivity index (χ4v) is 4.31. The Morgan fingerprint density at radius 2 is 1.95 bits per heavy atom. The lowest BCUT2D eigenvalue weighted by Gasteiger charge is -2.20. The van der Waals surface area contributed by atoms with Crippen molar-refractivity contribution in [2.75, 3.05) is 25.2 Å². The lowest BCUT2D eigenvalue weighted by atomic mass is 10.1. The highest BCUT2D eigenvalue weighted by molar-refractivity contribution is 7.99. The first-order chi connectivity index (χ1) is 10.3. The lowest BCUT2D eigenvalue weighted by Crippen LogP contribution is -2.24. The van der Waals surface area contributed by atoms with Gasteiger partial charge in [-0.05, 0) is 55.2 Å². The molecule has 1 aromatic carbocycles. The third-order valence-corrected chi connectivity index (χ3v) is 5.55. The van der Waals surface area contributed by atoms with Gasteiger partial charge in [0, 0.05) is 11.8 Å². The van der Waals surface area contributed by atoms with Gasteiger partial charge in [0.25, 0.3) is 0 Å². The molecule has 0 spiro atoms. The second-order valence-corrected chi connectivity index (χ2v) is 7.04. The fraction of sp³-hybridized carbons (Fsp3) is 0.667. The summed E-state index contributed by atoms with van der Waals surface area (Å²) in [6.07, 6.45) is 6.97. The number of benzene rings is 1. The molecule has 1 atom stereocenters. The molecule has 3 heteroatoms. The lowest BCUT2D eigenvalue weighted by molar-refractivity contribution is 0.414. The van der Waals surface area contributed by atoms with Crippen LogP contribution in [0.3, 0.4) is 0 Å². The Kier molecular flexibility index (Phi) is 7.45. The van der Waals surface area contributed by atoms with Crippen molar-refractivity contribution >= 4 is 11.8 Å². The van der Waals surface area contributed by atoms with Crippen LogP contribution in [0.5, 0.6) is 5.75 Å². The van der Waals surface area contributed by atoms with Gasteiger partial charge in [0.1, 0.15) is 5.75 Å². The van der Waals surface area contributed by atoms with Crippen LogP contribution in [-0.4, -0.2) is 25.2 Å². The number of thioether (sulfide) groups is 1. The summed E-state index contributed by atoms with van der Waals surface area (Å²) in [5.41, 5.74) is 1.38. The van der Waals surface area contributed by atoms with Gasteiger partial charge in [-0.1, -0.05) is 31.9 Å². The van der Waals surface area contributed by atoms with E-state index in [1.165, 1.54) is 49.2 Å². The largest absolute Gasteiger partial charge is 0.497 e. The third-order valence-electron chi connectivity index (χ3n) is 4.27. The monoisotopic (exact) mass is 307 g/mol. The zero-order chi connectivity index (χ0) is 14.9. The van der Waals surface area contributed by atoms with Gasteiger partial charge in [-0.15, -0.1) is 0 Å². The quantitative estimate of drug-likeness (QED) is 0.717. The minimum Gasteiger partial charge on any atom is -0.497 e. The van der Waals surface area contributed by atoms with E-state index in [9.17, 15) is 0 Å². The molecule has 21 heavy (non-hydrogen) atoms.